The predicted octanol–water partition coefficient (Wildman–Crippen LogP) is 3.18. The number of amides is 1. The number of hydrogen-bond donors (Lipinski definition) is 2. The van der Waals surface area contributed by atoms with Crippen LogP contribution < -0.4 is 5.32 Å². The molecule has 1 atom stereocenters. The van der Waals surface area contributed by atoms with Gasteiger partial charge < -0.3 is 10.4 Å². The molecule has 2 aromatic heterocycles. The van der Waals surface area contributed by atoms with Crippen molar-refractivity contribution in [1.29, 1.82) is 0 Å². The van der Waals surface area contributed by atoms with Crippen LogP contribution in [0.4, 0.5) is 0 Å². The summed E-state index contributed by atoms with van der Waals surface area (Å²) in [6.45, 7) is 4.11. The molecule has 0 saturated carbocycles. The van der Waals surface area contributed by atoms with Gasteiger partial charge in [-0.3, -0.25) is 9.48 Å². The van der Waals surface area contributed by atoms with E-state index in [1.54, 1.807) is 10.7 Å². The van der Waals surface area contributed by atoms with Crippen molar-refractivity contribution in [2.45, 2.75) is 32.2 Å². The van der Waals surface area contributed by atoms with Crippen molar-refractivity contribution in [3.63, 3.8) is 0 Å². The second-order valence-electron chi connectivity index (χ2n) is 6.55. The van der Waals surface area contributed by atoms with Crippen molar-refractivity contribution in [2.24, 2.45) is 7.05 Å². The third-order valence-corrected chi connectivity index (χ3v) is 5.40. The quantitative estimate of drug-likeness (QED) is 0.697. The van der Waals surface area contributed by atoms with Crippen molar-refractivity contribution in [3.8, 4) is 0 Å². The van der Waals surface area contributed by atoms with Crippen molar-refractivity contribution >= 4 is 33.4 Å². The van der Waals surface area contributed by atoms with Gasteiger partial charge in [0.25, 0.3) is 5.91 Å². The first-order chi connectivity index (χ1) is 12.4. The van der Waals surface area contributed by atoms with E-state index in [1.807, 2.05) is 37.4 Å². The summed E-state index contributed by atoms with van der Waals surface area (Å²) in [5, 5.41) is 17.6. The SMILES string of the molecule is CC(C)c1nn(C)c2sc(C(=O)N[C@@H](Cc3ccccc3)C(=O)O)cc12. The molecule has 3 aromatic rings. The average molecular weight is 371 g/mol. The van der Waals surface area contributed by atoms with Gasteiger partial charge in [-0.1, -0.05) is 44.2 Å². The number of carboxylic acid groups (broad SMARTS) is 1. The van der Waals surface area contributed by atoms with Crippen LogP contribution in [-0.2, 0) is 18.3 Å². The van der Waals surface area contributed by atoms with Crippen LogP contribution in [0.5, 0.6) is 0 Å². The second-order valence-corrected chi connectivity index (χ2v) is 7.58. The molecule has 0 fully saturated rings. The molecule has 0 radical (unpaired) electrons. The van der Waals surface area contributed by atoms with E-state index < -0.39 is 12.0 Å². The summed E-state index contributed by atoms with van der Waals surface area (Å²) in [4.78, 5) is 25.6. The predicted molar refractivity (Wildman–Crippen MR) is 102 cm³/mol. The minimum absolute atomic E-state index is 0.242. The van der Waals surface area contributed by atoms with Crippen LogP contribution in [0.25, 0.3) is 10.2 Å². The lowest BCUT2D eigenvalue weighted by molar-refractivity contribution is -0.139. The number of thiophene rings is 1. The first-order valence-corrected chi connectivity index (χ1v) is 9.22. The Kier molecular flexibility index (Phi) is 5.08. The van der Waals surface area contributed by atoms with E-state index in [9.17, 15) is 14.7 Å². The number of carboxylic acids is 1. The molecule has 1 aromatic carbocycles. The van der Waals surface area contributed by atoms with E-state index in [0.29, 0.717) is 4.88 Å². The van der Waals surface area contributed by atoms with Gasteiger partial charge in [0.2, 0.25) is 0 Å². The third-order valence-electron chi connectivity index (χ3n) is 4.20. The van der Waals surface area contributed by atoms with E-state index in [1.165, 1.54) is 11.3 Å². The van der Waals surface area contributed by atoms with Crippen LogP contribution >= 0.6 is 11.3 Å². The molecular weight excluding hydrogens is 350 g/mol. The number of aromatic nitrogens is 2. The summed E-state index contributed by atoms with van der Waals surface area (Å²) in [6.07, 6.45) is 0.242. The zero-order valence-corrected chi connectivity index (χ0v) is 15.7. The highest BCUT2D eigenvalue weighted by atomic mass is 32.1. The summed E-state index contributed by atoms with van der Waals surface area (Å²) >= 11 is 1.33. The van der Waals surface area contributed by atoms with Crippen molar-refractivity contribution < 1.29 is 14.7 Å². The maximum Gasteiger partial charge on any atom is 0.326 e. The Morgan fingerprint density at radius 3 is 2.58 bits per heavy atom. The molecule has 0 unspecified atom stereocenters. The highest BCUT2D eigenvalue weighted by molar-refractivity contribution is 7.20. The highest BCUT2D eigenvalue weighted by Gasteiger charge is 2.24. The van der Waals surface area contributed by atoms with E-state index in [4.69, 9.17) is 0 Å². The van der Waals surface area contributed by atoms with Gasteiger partial charge in [-0.2, -0.15) is 5.10 Å². The van der Waals surface area contributed by atoms with E-state index in [2.05, 4.69) is 24.3 Å². The van der Waals surface area contributed by atoms with Crippen LogP contribution in [0.3, 0.4) is 0 Å². The molecule has 136 valence electrons. The fourth-order valence-electron chi connectivity index (χ4n) is 2.88. The van der Waals surface area contributed by atoms with Crippen molar-refractivity contribution in [2.75, 3.05) is 0 Å². The molecule has 0 aliphatic rings. The highest BCUT2D eigenvalue weighted by Crippen LogP contribution is 2.31. The molecule has 6 nitrogen and oxygen atoms in total. The molecule has 26 heavy (non-hydrogen) atoms. The van der Waals surface area contributed by atoms with Gasteiger partial charge in [-0.15, -0.1) is 11.3 Å². The summed E-state index contributed by atoms with van der Waals surface area (Å²) in [5.74, 6) is -1.17. The summed E-state index contributed by atoms with van der Waals surface area (Å²) < 4.78 is 1.77. The topological polar surface area (TPSA) is 84.2 Å². The van der Waals surface area contributed by atoms with E-state index in [-0.39, 0.29) is 18.2 Å². The number of hydrogen-bond acceptors (Lipinski definition) is 4. The second kappa shape index (κ2) is 7.29. The third kappa shape index (κ3) is 3.62. The first kappa shape index (κ1) is 18.1. The van der Waals surface area contributed by atoms with Gasteiger partial charge in [0.15, 0.2) is 0 Å². The molecule has 0 aliphatic heterocycles. The minimum Gasteiger partial charge on any atom is -0.480 e. The number of rotatable bonds is 6. The maximum absolute atomic E-state index is 12.6. The number of aliphatic carboxylic acids is 1. The number of aryl methyl sites for hydroxylation is 1. The molecule has 0 aliphatic carbocycles. The first-order valence-electron chi connectivity index (χ1n) is 8.41. The maximum atomic E-state index is 12.6. The zero-order valence-electron chi connectivity index (χ0n) is 14.9. The molecule has 7 heteroatoms. The molecule has 0 spiro atoms. The molecule has 2 heterocycles. The van der Waals surface area contributed by atoms with Crippen molar-refractivity contribution in [3.05, 3.63) is 52.5 Å². The fourth-order valence-corrected chi connectivity index (χ4v) is 3.87. The monoisotopic (exact) mass is 371 g/mol. The van der Waals surface area contributed by atoms with Gasteiger partial charge in [0, 0.05) is 18.9 Å². The van der Waals surface area contributed by atoms with Gasteiger partial charge in [0.1, 0.15) is 10.9 Å². The largest absolute Gasteiger partial charge is 0.480 e. The number of carbonyl (C=O) groups excluding carboxylic acids is 1. The number of nitrogens with one attached hydrogen (secondary N) is 1. The number of carbonyl (C=O) groups is 2. The van der Waals surface area contributed by atoms with Crippen LogP contribution in [0.1, 0.15) is 40.7 Å². The fraction of sp³-hybridized carbons (Fsp3) is 0.316. The lowest BCUT2D eigenvalue weighted by Crippen LogP contribution is -2.42. The Morgan fingerprint density at radius 1 is 1.27 bits per heavy atom. The Morgan fingerprint density at radius 2 is 1.96 bits per heavy atom. The van der Waals surface area contributed by atoms with Crippen LogP contribution in [-0.4, -0.2) is 32.8 Å². The zero-order chi connectivity index (χ0) is 18.8. The Labute approximate surface area is 155 Å². The van der Waals surface area contributed by atoms with Crippen LogP contribution in [0.2, 0.25) is 0 Å². The average Bonchev–Trinajstić information content (AvgIpc) is 3.16. The number of benzene rings is 1. The summed E-state index contributed by atoms with van der Waals surface area (Å²) in [6, 6.07) is 10.1. The normalized spacial score (nSPS) is 12.5. The Balaban J connectivity index is 1.82. The summed E-state index contributed by atoms with van der Waals surface area (Å²) in [5.41, 5.74) is 1.81. The van der Waals surface area contributed by atoms with Crippen molar-refractivity contribution in [1.82, 2.24) is 15.1 Å². The molecule has 3 rings (SSSR count). The van der Waals surface area contributed by atoms with Crippen LogP contribution in [0.15, 0.2) is 36.4 Å². The molecule has 0 bridgehead atoms. The number of nitrogens with zero attached hydrogens (tertiary/aromatic N) is 2. The van der Waals surface area contributed by atoms with Gasteiger partial charge in [-0.05, 0) is 17.5 Å². The van der Waals surface area contributed by atoms with E-state index >= 15 is 0 Å². The summed E-state index contributed by atoms with van der Waals surface area (Å²) in [7, 11) is 1.85. The lowest BCUT2D eigenvalue weighted by Gasteiger charge is -2.14. The molecular formula is C19H21N3O3S. The molecule has 1 amide bonds. The van der Waals surface area contributed by atoms with Gasteiger partial charge >= 0.3 is 5.97 Å². The van der Waals surface area contributed by atoms with E-state index in [0.717, 1.165) is 21.5 Å². The molecule has 0 saturated heterocycles. The van der Waals surface area contributed by atoms with Crippen LogP contribution in [0, 0.1) is 0 Å². The Bertz CT molecular complexity index is 944. The number of fused-ring (bicyclic) bond motifs is 1. The van der Waals surface area contributed by atoms with Gasteiger partial charge in [-0.25, -0.2) is 4.79 Å². The lowest BCUT2D eigenvalue weighted by atomic mass is 10.1. The minimum atomic E-state index is -1.05. The molecule has 2 N–H and O–H groups in total. The van der Waals surface area contributed by atoms with Gasteiger partial charge in [0.05, 0.1) is 10.6 Å². The smallest absolute Gasteiger partial charge is 0.326 e. The standard InChI is InChI=1S/C19H21N3O3S/c1-11(2)16-13-10-15(26-18(13)22(3)21-16)17(23)20-14(19(24)25)9-12-7-5-4-6-8-12/h4-8,10-11,14H,9H2,1-3H3,(H,20,23)(H,24,25)/t14-/m0/s1. The Hall–Kier alpha value is -2.67.